The van der Waals surface area contributed by atoms with E-state index in [1.54, 1.807) is 26.0 Å². The van der Waals surface area contributed by atoms with E-state index in [0.29, 0.717) is 22.3 Å². The van der Waals surface area contributed by atoms with Crippen LogP contribution in [0.3, 0.4) is 0 Å². The Labute approximate surface area is 170 Å². The molecule has 0 spiro atoms. The van der Waals surface area contributed by atoms with Gasteiger partial charge in [0.15, 0.2) is 12.4 Å². The van der Waals surface area contributed by atoms with Crippen LogP contribution in [0.4, 0.5) is 0 Å². The molecule has 7 atom stereocenters. The van der Waals surface area contributed by atoms with Gasteiger partial charge in [0, 0.05) is 23.1 Å². The van der Waals surface area contributed by atoms with Crippen LogP contribution >= 0.6 is 0 Å². The normalized spacial score (nSPS) is 34.0. The highest BCUT2D eigenvalue weighted by molar-refractivity contribution is 5.80. The summed E-state index contributed by atoms with van der Waals surface area (Å²) in [6.07, 6.45) is -9.21. The first-order valence-electron chi connectivity index (χ1n) is 9.53. The van der Waals surface area contributed by atoms with Gasteiger partial charge in [-0.2, -0.15) is 0 Å². The summed E-state index contributed by atoms with van der Waals surface area (Å²) in [7, 11) is 0. The zero-order valence-corrected chi connectivity index (χ0v) is 16.3. The minimum atomic E-state index is -1.59. The van der Waals surface area contributed by atoms with E-state index in [-0.39, 0.29) is 0 Å². The van der Waals surface area contributed by atoms with Crippen molar-refractivity contribution in [2.24, 2.45) is 0 Å². The molecule has 0 bridgehead atoms. The molecule has 0 radical (unpaired) electrons. The lowest BCUT2D eigenvalue weighted by atomic mass is 9.93. The van der Waals surface area contributed by atoms with Gasteiger partial charge in [-0.25, -0.2) is 4.79 Å². The van der Waals surface area contributed by atoms with Crippen molar-refractivity contribution in [2.75, 3.05) is 6.61 Å². The Morgan fingerprint density at radius 1 is 1.07 bits per heavy atom. The van der Waals surface area contributed by atoms with Crippen molar-refractivity contribution >= 4 is 11.0 Å². The van der Waals surface area contributed by atoms with Gasteiger partial charge >= 0.3 is 5.63 Å². The fourth-order valence-corrected chi connectivity index (χ4v) is 3.87. The van der Waals surface area contributed by atoms with Crippen LogP contribution in [0.2, 0.25) is 0 Å². The highest BCUT2D eigenvalue weighted by atomic mass is 16.7. The molecule has 5 N–H and O–H groups in total. The SMILES string of the molecule is CC(C)(O[C@@H]1O[C@H](CO)[C@@H](O)[C@H](O)[C@H]1O)C1Oc2cc3oc(=O)ccc3cc2C1O. The number of aliphatic hydroxyl groups excluding tert-OH is 5. The predicted molar refractivity (Wildman–Crippen MR) is 101 cm³/mol. The Balaban J connectivity index is 1.58. The van der Waals surface area contributed by atoms with E-state index >= 15 is 0 Å². The maximum Gasteiger partial charge on any atom is 0.336 e. The minimum Gasteiger partial charge on any atom is -0.484 e. The maximum absolute atomic E-state index is 11.5. The van der Waals surface area contributed by atoms with Gasteiger partial charge in [0.25, 0.3) is 0 Å². The summed E-state index contributed by atoms with van der Waals surface area (Å²) >= 11 is 0. The van der Waals surface area contributed by atoms with E-state index < -0.39 is 60.7 Å². The fourth-order valence-electron chi connectivity index (χ4n) is 3.87. The molecular formula is C20H24O10. The van der Waals surface area contributed by atoms with Crippen molar-refractivity contribution in [3.8, 4) is 5.75 Å². The Bertz CT molecular complexity index is 983. The van der Waals surface area contributed by atoms with Crippen LogP contribution in [0.1, 0.15) is 25.5 Å². The van der Waals surface area contributed by atoms with Crippen molar-refractivity contribution in [1.82, 2.24) is 0 Å². The van der Waals surface area contributed by atoms with E-state index in [9.17, 15) is 30.3 Å². The van der Waals surface area contributed by atoms with Crippen molar-refractivity contribution in [1.29, 1.82) is 0 Å². The Morgan fingerprint density at radius 2 is 1.80 bits per heavy atom. The Hall–Kier alpha value is -2.05. The van der Waals surface area contributed by atoms with Crippen LogP contribution in [0.25, 0.3) is 11.0 Å². The summed E-state index contributed by atoms with van der Waals surface area (Å²) < 4.78 is 22.2. The molecule has 0 amide bonds. The minimum absolute atomic E-state index is 0.307. The number of fused-ring (bicyclic) bond motifs is 2. The van der Waals surface area contributed by atoms with Crippen molar-refractivity contribution in [3.05, 3.63) is 40.2 Å². The number of hydrogen-bond acceptors (Lipinski definition) is 10. The average molecular weight is 424 g/mol. The fraction of sp³-hybridized carbons (Fsp3) is 0.550. The van der Waals surface area contributed by atoms with E-state index in [2.05, 4.69) is 0 Å². The van der Waals surface area contributed by atoms with Crippen LogP contribution in [0.15, 0.2) is 33.5 Å². The molecule has 2 unspecified atom stereocenters. The predicted octanol–water partition coefficient (Wildman–Crippen LogP) is -0.818. The lowest BCUT2D eigenvalue weighted by Crippen LogP contribution is -2.61. The lowest BCUT2D eigenvalue weighted by Gasteiger charge is -2.44. The number of rotatable bonds is 4. The van der Waals surface area contributed by atoms with Gasteiger partial charge in [0.05, 0.1) is 6.61 Å². The van der Waals surface area contributed by atoms with Gasteiger partial charge in [-0.1, -0.05) is 0 Å². The van der Waals surface area contributed by atoms with Gasteiger partial charge in [0.1, 0.15) is 47.5 Å². The molecule has 1 aromatic carbocycles. The molecule has 2 aliphatic rings. The number of hydrogen-bond donors (Lipinski definition) is 5. The molecule has 10 heteroatoms. The van der Waals surface area contributed by atoms with E-state index in [1.165, 1.54) is 12.1 Å². The third-order valence-electron chi connectivity index (χ3n) is 5.56. The highest BCUT2D eigenvalue weighted by Gasteiger charge is 2.50. The molecule has 1 saturated heterocycles. The topological polar surface area (TPSA) is 159 Å². The van der Waals surface area contributed by atoms with Gasteiger partial charge in [-0.3, -0.25) is 0 Å². The summed E-state index contributed by atoms with van der Waals surface area (Å²) in [5.74, 6) is 0.319. The number of benzene rings is 1. The van der Waals surface area contributed by atoms with E-state index in [4.69, 9.17) is 18.6 Å². The molecule has 2 aliphatic heterocycles. The highest BCUT2D eigenvalue weighted by Crippen LogP contribution is 2.44. The Morgan fingerprint density at radius 3 is 2.50 bits per heavy atom. The molecule has 3 heterocycles. The smallest absolute Gasteiger partial charge is 0.336 e. The summed E-state index contributed by atoms with van der Waals surface area (Å²) in [6.45, 7) is 2.62. The van der Waals surface area contributed by atoms with Gasteiger partial charge in [-0.15, -0.1) is 0 Å². The number of ether oxygens (including phenoxy) is 3. The molecule has 2 aromatic rings. The average Bonchev–Trinajstić information content (AvgIpc) is 3.03. The second-order valence-electron chi connectivity index (χ2n) is 8.08. The van der Waals surface area contributed by atoms with Gasteiger partial charge < -0.3 is 44.2 Å². The van der Waals surface area contributed by atoms with Crippen LogP contribution < -0.4 is 10.4 Å². The zero-order valence-electron chi connectivity index (χ0n) is 16.3. The third-order valence-corrected chi connectivity index (χ3v) is 5.56. The number of aliphatic hydroxyl groups is 5. The molecule has 164 valence electrons. The summed E-state index contributed by atoms with van der Waals surface area (Å²) in [5.41, 5.74) is -0.962. The van der Waals surface area contributed by atoms with Crippen LogP contribution in [0, 0.1) is 0 Å². The standard InChI is InChI=1S/C20H24O10/c1-20(2,30-19-17(26)16(25)15(24)12(7-21)29-19)18-14(23)9-5-8-3-4-13(22)27-10(8)6-11(9)28-18/h3-6,12,14-19,21,23-26H,7H2,1-2H3/t12-,14?,15-,16+,17-,18?,19+/m1/s1. The second kappa shape index (κ2) is 7.57. The van der Waals surface area contributed by atoms with Crippen LogP contribution in [-0.2, 0) is 9.47 Å². The third kappa shape index (κ3) is 3.50. The zero-order chi connectivity index (χ0) is 21.8. The van der Waals surface area contributed by atoms with Crippen molar-refractivity contribution in [2.45, 2.75) is 62.4 Å². The van der Waals surface area contributed by atoms with Gasteiger partial charge in [0.2, 0.25) is 0 Å². The largest absolute Gasteiger partial charge is 0.484 e. The first kappa shape index (κ1) is 21.2. The first-order chi connectivity index (χ1) is 14.1. The molecule has 10 nitrogen and oxygen atoms in total. The van der Waals surface area contributed by atoms with Crippen LogP contribution in [-0.4, -0.2) is 74.6 Å². The van der Waals surface area contributed by atoms with E-state index in [0.717, 1.165) is 0 Å². The molecule has 0 saturated carbocycles. The maximum atomic E-state index is 11.5. The Kier molecular flexibility index (Phi) is 5.35. The molecule has 0 aliphatic carbocycles. The lowest BCUT2D eigenvalue weighted by molar-refractivity contribution is -0.332. The molecular weight excluding hydrogens is 400 g/mol. The van der Waals surface area contributed by atoms with Crippen molar-refractivity contribution in [3.63, 3.8) is 0 Å². The monoisotopic (exact) mass is 424 g/mol. The molecule has 1 aromatic heterocycles. The van der Waals surface area contributed by atoms with Crippen molar-refractivity contribution < 1.29 is 44.2 Å². The first-order valence-corrected chi connectivity index (χ1v) is 9.53. The second-order valence-corrected chi connectivity index (χ2v) is 8.08. The summed E-state index contributed by atoms with van der Waals surface area (Å²) in [6, 6.07) is 6.03. The molecule has 30 heavy (non-hydrogen) atoms. The molecule has 4 rings (SSSR count). The quantitative estimate of drug-likeness (QED) is 0.393. The van der Waals surface area contributed by atoms with Gasteiger partial charge in [-0.05, 0) is 26.0 Å². The van der Waals surface area contributed by atoms with Crippen LogP contribution in [0.5, 0.6) is 5.75 Å². The van der Waals surface area contributed by atoms with E-state index in [1.807, 2.05) is 0 Å². The molecule has 1 fully saturated rings. The summed E-state index contributed by atoms with van der Waals surface area (Å²) in [4.78, 5) is 11.5. The summed E-state index contributed by atoms with van der Waals surface area (Å²) in [5, 5.41) is 50.9.